The smallest absolute Gasteiger partial charge is 0.303 e. The summed E-state index contributed by atoms with van der Waals surface area (Å²) in [5.41, 5.74) is 2.24. The molecule has 0 amide bonds. The second kappa shape index (κ2) is 14.5. The van der Waals surface area contributed by atoms with Crippen molar-refractivity contribution in [2.24, 2.45) is 0 Å². The molecule has 0 bridgehead atoms. The third kappa shape index (κ3) is 9.01. The Morgan fingerprint density at radius 3 is 2.89 bits per heavy atom. The van der Waals surface area contributed by atoms with Gasteiger partial charge in [0.25, 0.3) is 0 Å². The highest BCUT2D eigenvalue weighted by Gasteiger charge is 2.25. The number of hydrogen-bond donors (Lipinski definition) is 3. The molecule has 1 aromatic heterocycles. The first-order chi connectivity index (χ1) is 16.9. The summed E-state index contributed by atoms with van der Waals surface area (Å²) in [4.78, 5) is 14.4. The van der Waals surface area contributed by atoms with Crippen LogP contribution in [0, 0.1) is 0 Å². The number of hydrogen-bond acceptors (Lipinski definition) is 6. The van der Waals surface area contributed by atoms with E-state index in [2.05, 4.69) is 17.1 Å². The van der Waals surface area contributed by atoms with Gasteiger partial charge in [0, 0.05) is 24.1 Å². The number of benzene rings is 1. The molecule has 2 heterocycles. The van der Waals surface area contributed by atoms with E-state index >= 15 is 0 Å². The summed E-state index contributed by atoms with van der Waals surface area (Å²) >= 11 is 13.8. The molecule has 1 aliphatic heterocycles. The first-order valence-corrected chi connectivity index (χ1v) is 14.0. The van der Waals surface area contributed by atoms with E-state index in [1.165, 1.54) is 5.56 Å². The fraction of sp³-hybridized carbons (Fsp3) is 0.577. The van der Waals surface area contributed by atoms with Gasteiger partial charge in [-0.2, -0.15) is 0 Å². The number of thiophene rings is 1. The molecule has 35 heavy (non-hydrogen) atoms. The van der Waals surface area contributed by atoms with E-state index in [1.54, 1.807) is 11.3 Å². The summed E-state index contributed by atoms with van der Waals surface area (Å²) in [6.07, 6.45) is 4.87. The topological polar surface area (TPSA) is 82.0 Å². The first-order valence-electron chi connectivity index (χ1n) is 12.3. The monoisotopic (exact) mass is 542 g/mol. The number of carbonyl (C=O) groups is 1. The van der Waals surface area contributed by atoms with Crippen LogP contribution in [0.4, 0.5) is 0 Å². The molecule has 6 nitrogen and oxygen atoms in total. The van der Waals surface area contributed by atoms with Crippen LogP contribution >= 0.6 is 34.5 Å². The number of aliphatic hydroxyl groups excluding tert-OH is 1. The maximum atomic E-state index is 11.0. The van der Waals surface area contributed by atoms with E-state index in [4.69, 9.17) is 33.0 Å². The molecule has 0 spiro atoms. The van der Waals surface area contributed by atoms with Gasteiger partial charge >= 0.3 is 5.97 Å². The number of nitrogens with zero attached hydrogens (tertiary/aromatic N) is 1. The van der Waals surface area contributed by atoms with Crippen molar-refractivity contribution in [1.82, 2.24) is 10.2 Å². The van der Waals surface area contributed by atoms with Crippen LogP contribution in [0.1, 0.15) is 61.1 Å². The number of rotatable bonds is 15. The Kier molecular flexibility index (Phi) is 11.8. The molecule has 2 aromatic rings. The minimum atomic E-state index is -0.795. The molecule has 0 aliphatic carbocycles. The molecule has 1 aliphatic rings. The summed E-state index contributed by atoms with van der Waals surface area (Å²) in [5, 5.41) is 26.1. The Labute approximate surface area is 222 Å². The van der Waals surface area contributed by atoms with Crippen LogP contribution in [0.2, 0.25) is 10.0 Å². The van der Waals surface area contributed by atoms with Crippen molar-refractivity contribution in [2.45, 2.75) is 70.1 Å². The summed E-state index contributed by atoms with van der Waals surface area (Å²) in [5.74, 6) is -0.795. The second-order valence-corrected chi connectivity index (χ2v) is 10.9. The normalized spacial score (nSPS) is 18.1. The van der Waals surface area contributed by atoms with E-state index in [1.807, 2.05) is 29.6 Å². The third-order valence-corrected chi connectivity index (χ3v) is 8.12. The minimum Gasteiger partial charge on any atom is -0.481 e. The first kappa shape index (κ1) is 28.4. The molecular weight excluding hydrogens is 507 g/mol. The Balaban J connectivity index is 1.43. The quantitative estimate of drug-likeness (QED) is 0.274. The Morgan fingerprint density at radius 1 is 1.31 bits per heavy atom. The minimum absolute atomic E-state index is 0.113. The summed E-state index contributed by atoms with van der Waals surface area (Å²) in [7, 11) is 0. The molecule has 1 unspecified atom stereocenters. The van der Waals surface area contributed by atoms with Crippen molar-refractivity contribution in [3.05, 3.63) is 55.7 Å². The molecule has 1 fully saturated rings. The Hall–Kier alpha value is -1.19. The van der Waals surface area contributed by atoms with Crippen LogP contribution in [-0.4, -0.2) is 59.6 Å². The van der Waals surface area contributed by atoms with Gasteiger partial charge in [0.15, 0.2) is 0 Å². The van der Waals surface area contributed by atoms with Crippen molar-refractivity contribution in [3.63, 3.8) is 0 Å². The van der Waals surface area contributed by atoms with Crippen LogP contribution < -0.4 is 5.32 Å². The lowest BCUT2D eigenvalue weighted by Gasteiger charge is -2.26. The Morgan fingerprint density at radius 2 is 2.14 bits per heavy atom. The van der Waals surface area contributed by atoms with Crippen molar-refractivity contribution >= 4 is 40.5 Å². The van der Waals surface area contributed by atoms with E-state index in [9.17, 15) is 9.90 Å². The molecule has 0 radical (unpaired) electrons. The fourth-order valence-electron chi connectivity index (χ4n) is 4.59. The van der Waals surface area contributed by atoms with Crippen molar-refractivity contribution in [2.75, 3.05) is 26.4 Å². The van der Waals surface area contributed by atoms with Gasteiger partial charge in [-0.05, 0) is 73.4 Å². The van der Waals surface area contributed by atoms with Gasteiger partial charge in [-0.25, -0.2) is 0 Å². The van der Waals surface area contributed by atoms with Crippen LogP contribution in [-0.2, 0) is 22.4 Å². The maximum absolute atomic E-state index is 11.0. The maximum Gasteiger partial charge on any atom is 0.303 e. The fourth-order valence-corrected chi connectivity index (χ4v) is 5.84. The standard InChI is InChI=1S/C26H36Cl2N2O4S/c1-2-4-24(21-10-12-35-25(21)8-9-26(32)33)34-16-20(31)15-29-17-30-11-3-5-19(30)13-18-6-7-22(27)23(28)14-18/h6-7,10,12,14,19-20,24,29,31H,2-5,8-9,11,13,15-17H2,1H3,(H,32,33)/t19-,20+,24?/m0/s1. The number of aliphatic hydroxyl groups is 1. The number of aryl methyl sites for hydroxylation is 1. The number of likely N-dealkylation sites (tertiary alicyclic amines) is 1. The summed E-state index contributed by atoms with van der Waals surface area (Å²) < 4.78 is 6.11. The Bertz CT molecular complexity index is 942. The highest BCUT2D eigenvalue weighted by molar-refractivity contribution is 7.10. The van der Waals surface area contributed by atoms with E-state index < -0.39 is 12.1 Å². The van der Waals surface area contributed by atoms with Crippen LogP contribution in [0.5, 0.6) is 0 Å². The van der Waals surface area contributed by atoms with Crippen LogP contribution in [0.3, 0.4) is 0 Å². The van der Waals surface area contributed by atoms with Gasteiger partial charge in [-0.3, -0.25) is 9.69 Å². The summed E-state index contributed by atoms with van der Waals surface area (Å²) in [6, 6.07) is 8.29. The number of carboxylic acids is 1. The van der Waals surface area contributed by atoms with Gasteiger partial charge in [-0.15, -0.1) is 11.3 Å². The third-order valence-electron chi connectivity index (χ3n) is 6.38. The van der Waals surface area contributed by atoms with Gasteiger partial charge in [0.1, 0.15) is 0 Å². The molecule has 3 rings (SSSR count). The largest absolute Gasteiger partial charge is 0.481 e. The van der Waals surface area contributed by atoms with Gasteiger partial charge < -0.3 is 20.3 Å². The highest BCUT2D eigenvalue weighted by Crippen LogP contribution is 2.31. The highest BCUT2D eigenvalue weighted by atomic mass is 35.5. The summed E-state index contributed by atoms with van der Waals surface area (Å²) in [6.45, 7) is 4.53. The number of aliphatic carboxylic acids is 1. The molecule has 0 saturated carbocycles. The van der Waals surface area contributed by atoms with Crippen LogP contribution in [0.25, 0.3) is 0 Å². The van der Waals surface area contributed by atoms with Crippen LogP contribution in [0.15, 0.2) is 29.6 Å². The number of nitrogens with one attached hydrogen (secondary N) is 1. The molecule has 1 aromatic carbocycles. The molecule has 1 saturated heterocycles. The van der Waals surface area contributed by atoms with E-state index in [0.717, 1.165) is 49.1 Å². The lowest BCUT2D eigenvalue weighted by molar-refractivity contribution is -0.136. The molecule has 3 N–H and O–H groups in total. The number of halogens is 2. The van der Waals surface area contributed by atoms with Crippen molar-refractivity contribution in [1.29, 1.82) is 0 Å². The number of carboxylic acid groups (broad SMARTS) is 1. The average molecular weight is 544 g/mol. The van der Waals surface area contributed by atoms with Gasteiger partial charge in [0.05, 0.1) is 35.3 Å². The predicted molar refractivity (Wildman–Crippen MR) is 143 cm³/mol. The molecule has 194 valence electrons. The lowest BCUT2D eigenvalue weighted by atomic mass is 10.0. The molecule has 9 heteroatoms. The average Bonchev–Trinajstić information content (AvgIpc) is 3.47. The van der Waals surface area contributed by atoms with Crippen molar-refractivity contribution in [3.8, 4) is 0 Å². The second-order valence-electron chi connectivity index (χ2n) is 9.13. The van der Waals surface area contributed by atoms with Gasteiger partial charge in [0.2, 0.25) is 0 Å². The number of ether oxygens (including phenoxy) is 1. The zero-order chi connectivity index (χ0) is 25.2. The van der Waals surface area contributed by atoms with Gasteiger partial charge in [-0.1, -0.05) is 42.6 Å². The zero-order valence-corrected chi connectivity index (χ0v) is 22.5. The van der Waals surface area contributed by atoms with E-state index in [-0.39, 0.29) is 19.1 Å². The predicted octanol–water partition coefficient (Wildman–Crippen LogP) is 5.55. The van der Waals surface area contributed by atoms with E-state index in [0.29, 0.717) is 35.7 Å². The zero-order valence-electron chi connectivity index (χ0n) is 20.2. The SMILES string of the molecule is CCCC(OC[C@H](O)CNCN1CCC[C@H]1Cc1ccc(Cl)c(Cl)c1)c1ccsc1CCC(=O)O. The lowest BCUT2D eigenvalue weighted by Crippen LogP contribution is -2.42. The van der Waals surface area contributed by atoms with Crippen molar-refractivity contribution < 1.29 is 19.7 Å². The molecule has 3 atom stereocenters. The molecular formula is C26H36Cl2N2O4S.